The van der Waals surface area contributed by atoms with Crippen LogP contribution < -0.4 is 22.8 Å². The number of hydrogen-bond donors (Lipinski definition) is 0. The molecule has 15 nitrogen and oxygen atoms in total. The molecule has 27 rings (SSSR count). The van der Waals surface area contributed by atoms with E-state index in [2.05, 4.69) is 262 Å². The van der Waals surface area contributed by atoms with E-state index in [1.54, 1.807) is 11.5 Å². The normalized spacial score (nSPS) is 15.1. The van der Waals surface area contributed by atoms with Gasteiger partial charge in [0.05, 0.1) is 111 Å². The van der Waals surface area contributed by atoms with E-state index < -0.39 is 40.2 Å². The fourth-order valence-electron chi connectivity index (χ4n) is 24.2. The molecule has 12 aromatic carbocycles. The molecule has 0 N–H and O–H groups in total. The highest BCUT2D eigenvalue weighted by atomic mass is 15.1. The largest absolute Gasteiger partial charge is 0.303 e. The van der Waals surface area contributed by atoms with E-state index in [1.165, 1.54) is 139 Å². The molecule has 148 heavy (non-hydrogen) atoms. The minimum absolute atomic E-state index is 0.143. The van der Waals surface area contributed by atoms with Crippen LogP contribution in [0.1, 0.15) is 197 Å². The van der Waals surface area contributed by atoms with Gasteiger partial charge in [0.15, 0.2) is 0 Å². The fourth-order valence-corrected chi connectivity index (χ4v) is 24.2. The molecule has 10 aromatic heterocycles. The number of aryl methyl sites for hydroxylation is 16. The molecule has 5 aliphatic rings. The molecule has 0 aliphatic carbocycles. The third-order valence-electron chi connectivity index (χ3n) is 31.8. The molecule has 0 saturated carbocycles. The van der Waals surface area contributed by atoms with E-state index in [0.29, 0.717) is 85.2 Å². The summed E-state index contributed by atoms with van der Waals surface area (Å²) in [5, 5.41) is 5.59. The van der Waals surface area contributed by atoms with Gasteiger partial charge in [-0.1, -0.05) is 137 Å². The van der Waals surface area contributed by atoms with E-state index in [-0.39, 0.29) is 29.4 Å². The second kappa shape index (κ2) is 36.7. The molecular weight excluding hydrogens is 1810 g/mol. The summed E-state index contributed by atoms with van der Waals surface area (Å²) in [6, 6.07) is 72.6. The lowest BCUT2D eigenvalue weighted by Gasteiger charge is -2.13. The van der Waals surface area contributed by atoms with Gasteiger partial charge in [-0.3, -0.25) is 9.13 Å². The van der Waals surface area contributed by atoms with Gasteiger partial charge < -0.3 is 13.7 Å². The van der Waals surface area contributed by atoms with Crippen molar-refractivity contribution >= 4 is 128 Å². The first-order valence-corrected chi connectivity index (χ1v) is 51.5. The highest BCUT2D eigenvalue weighted by molar-refractivity contribution is 5.98. The lowest BCUT2D eigenvalue weighted by atomic mass is 9.95. The van der Waals surface area contributed by atoms with Gasteiger partial charge in [0.2, 0.25) is 56.1 Å². The quantitative estimate of drug-likeness (QED) is 0.134. The maximum atomic E-state index is 8.66. The van der Waals surface area contributed by atoms with Crippen molar-refractivity contribution < 1.29 is 44.8 Å². The summed E-state index contributed by atoms with van der Waals surface area (Å²) in [5.74, 6) is 4.15. The smallest absolute Gasteiger partial charge is 0.213 e. The van der Waals surface area contributed by atoms with Crippen LogP contribution in [0.15, 0.2) is 230 Å². The molecule has 0 saturated heterocycles. The Morgan fingerprint density at radius 1 is 0.297 bits per heavy atom. The molecule has 0 atom stereocenters. The van der Waals surface area contributed by atoms with Crippen LogP contribution in [0.25, 0.3) is 196 Å². The first kappa shape index (κ1) is 78.6. The summed E-state index contributed by atoms with van der Waals surface area (Å²) in [4.78, 5) is 24.3. The van der Waals surface area contributed by atoms with Crippen molar-refractivity contribution in [2.45, 2.75) is 190 Å². The van der Waals surface area contributed by atoms with Gasteiger partial charge in [-0.25, -0.2) is 24.9 Å². The molecule has 0 radical (unpaired) electrons. The zero-order valence-corrected chi connectivity index (χ0v) is 88.5. The van der Waals surface area contributed by atoms with Gasteiger partial charge in [-0.2, -0.15) is 22.8 Å². The number of rotatable bonds is 9. The Kier molecular flexibility index (Phi) is 19.5. The molecule has 0 fully saturated rings. The predicted molar refractivity (Wildman–Crippen MR) is 612 cm³/mol. The standard InChI is InChI=1S/2C28H26N3.C27H30N3.C26H28N3.C24H24N3/c2*1-16-9-8-12-24-27(16)17(2)13-25(30(24)5)21-15-22-28(19(4)18(21)3)31-23-11-7-6-10-20(23)14-26(31)29-22;1-16(2)12-20-8-7-9-24-21(20)10-11-25(29(24)6)22-14-23-27(19(5)18(22)4)30-15-17(3)13-26(30)28-23;1-16(2)14-19-8-6-9-23-20(19)11-12-24(28(23)5)21-15-22-26(18(4)17(21)3)29-13-7-10-25(29)27-22;1-14-8-6-9-20-23(14)15(2)12-21(26(20)5)18-13-19-24(17(4)16(18)3)27-11-7-10-22(27)25-19/h2*6-13,15H,14H2,1-5H3;7-11,14-16H,12-13H2,1-6H3;6-9,11-13,15-16H,10,14H2,1-5H3;6-9,11-13H,10H2,1-5H3/q5*+1/i4D3;;3D3,5D3,12D2;4D3,14D2;. The number of hydrogen-bond acceptors (Lipinski definition) is 5. The fraction of sp³-hybridized carbons (Fsp3) is 0.263. The number of nitrogens with zero attached hydrogens (tertiary/aromatic N) is 15. The van der Waals surface area contributed by atoms with Crippen molar-refractivity contribution in [2.24, 2.45) is 47.1 Å². The molecule has 15 heterocycles. The van der Waals surface area contributed by atoms with Gasteiger partial charge in [-0.15, -0.1) is 0 Å². The molecule has 15 heteroatoms. The number of allylic oxidation sites excluding steroid dienone is 3. The van der Waals surface area contributed by atoms with Crippen LogP contribution in [0.4, 0.5) is 0 Å². The lowest BCUT2D eigenvalue weighted by Crippen LogP contribution is -2.32. The van der Waals surface area contributed by atoms with E-state index in [1.807, 2.05) is 167 Å². The van der Waals surface area contributed by atoms with Crippen LogP contribution >= 0.6 is 0 Å². The summed E-state index contributed by atoms with van der Waals surface area (Å²) < 4.78 is 154. The summed E-state index contributed by atoms with van der Waals surface area (Å²) in [5.41, 5.74) is 46.1. The average molecular weight is 1960 g/mol. The van der Waals surface area contributed by atoms with Gasteiger partial charge in [-0.05, 0) is 313 Å². The Morgan fingerprint density at radius 2 is 0.622 bits per heavy atom. The van der Waals surface area contributed by atoms with Gasteiger partial charge in [0, 0.05) is 144 Å². The monoisotopic (exact) mass is 1960 g/mol. The Hall–Kier alpha value is -15.7. The van der Waals surface area contributed by atoms with Crippen LogP contribution in [0, 0.1) is 122 Å². The van der Waals surface area contributed by atoms with E-state index in [4.69, 9.17) is 41.9 Å². The number of pyridine rings is 5. The van der Waals surface area contributed by atoms with Crippen molar-refractivity contribution in [1.82, 2.24) is 47.8 Å². The number of fused-ring (bicyclic) bond motifs is 24. The molecule has 0 amide bonds. The Morgan fingerprint density at radius 3 is 1.02 bits per heavy atom. The molecule has 736 valence electrons. The number of para-hydroxylation sites is 2. The van der Waals surface area contributed by atoms with E-state index in [0.717, 1.165) is 119 Å². The Labute approximate surface area is 891 Å². The predicted octanol–water partition coefficient (Wildman–Crippen LogP) is 28.0. The van der Waals surface area contributed by atoms with E-state index in [9.17, 15) is 0 Å². The zero-order valence-electron chi connectivity index (χ0n) is 104. The minimum atomic E-state index is -2.46. The van der Waals surface area contributed by atoms with Crippen molar-refractivity contribution in [3.8, 4) is 67.7 Å². The third kappa shape index (κ3) is 15.5. The second-order valence-corrected chi connectivity index (χ2v) is 41.9. The van der Waals surface area contributed by atoms with Crippen molar-refractivity contribution in [3.63, 3.8) is 0 Å². The first-order valence-electron chi connectivity index (χ1n) is 59.5. The molecular formula is C133H134N15+5. The average Bonchev–Trinajstić information content (AvgIpc) is 1.55. The van der Waals surface area contributed by atoms with Crippen LogP contribution in [-0.4, -0.2) is 47.8 Å². The molecule has 0 unspecified atom stereocenters. The first-order chi connectivity index (χ1) is 77.5. The third-order valence-corrected chi connectivity index (χ3v) is 31.8. The molecule has 0 bridgehead atoms. The zero-order chi connectivity index (χ0) is 117. The Balaban J connectivity index is 0.000000110. The number of benzene rings is 12. The Bertz CT molecular complexity index is 10300. The van der Waals surface area contributed by atoms with Crippen LogP contribution in [-0.2, 0) is 80.1 Å². The number of imidazole rings is 5. The highest BCUT2D eigenvalue weighted by Crippen LogP contribution is 2.45. The van der Waals surface area contributed by atoms with Gasteiger partial charge >= 0.3 is 0 Å². The highest BCUT2D eigenvalue weighted by Gasteiger charge is 2.34. The topological polar surface area (TPSA) is 108 Å². The van der Waals surface area contributed by atoms with Crippen molar-refractivity contribution in [1.29, 1.82) is 0 Å². The lowest BCUT2D eigenvalue weighted by molar-refractivity contribution is -0.633. The van der Waals surface area contributed by atoms with Gasteiger partial charge in [0.1, 0.15) is 64.4 Å². The molecule has 22 aromatic rings. The van der Waals surface area contributed by atoms with Crippen LogP contribution in [0.2, 0.25) is 0 Å². The molecule has 0 spiro atoms. The summed E-state index contributed by atoms with van der Waals surface area (Å²) >= 11 is 0. The van der Waals surface area contributed by atoms with Crippen LogP contribution in [0.5, 0.6) is 0 Å². The van der Waals surface area contributed by atoms with Crippen LogP contribution in [0.3, 0.4) is 0 Å². The minimum Gasteiger partial charge on any atom is -0.303 e. The SMILES string of the molecule is Cc1c(-c2cc(C)c3c(C)cccc3[n+]2C)cc2nc3n(c2c1C)-c1ccccc1C3.Cc1c(-c2cc(C)c3c(C)cccc3[n+]2C)cc2nc3n(c2c1C)C=CC3.[2H]C([2H])([2H])C1=Cn2c(nc3cc(-c4ccc5c(C([2H])([2H])C(C)C)cccc5[n+]4C)c(C)c(C([2H])([2H])[2H])c32)C1.[2H]C([2H])([2H])c1c(C)c(-c2cc(C)c3c(C)cccc3[n+]2C)cc2nc3n(c12)-c1ccccc1C3.[2H]C([2H])([2H])c1c(C)c(-c2ccc3c(C([2H])([2H])C(C)C)cccc3[n+]2C)cc2nc3n(c12)C=CC3. The maximum Gasteiger partial charge on any atom is 0.213 e. The van der Waals surface area contributed by atoms with E-state index >= 15 is 0 Å². The number of aromatic nitrogens is 15. The molecule has 5 aliphatic heterocycles. The van der Waals surface area contributed by atoms with Crippen molar-refractivity contribution in [2.75, 3.05) is 0 Å². The second-order valence-electron chi connectivity index (χ2n) is 41.9. The van der Waals surface area contributed by atoms with Crippen molar-refractivity contribution in [3.05, 3.63) is 370 Å². The summed E-state index contributed by atoms with van der Waals surface area (Å²) in [7, 11) is 10.2. The van der Waals surface area contributed by atoms with Gasteiger partial charge in [0.25, 0.3) is 0 Å². The summed E-state index contributed by atoms with van der Waals surface area (Å²) in [6.45, 7) is 25.8. The summed E-state index contributed by atoms with van der Waals surface area (Å²) in [6.07, 6.45) is 10.1. The maximum absolute atomic E-state index is 8.66.